The quantitative estimate of drug-likeness (QED) is 0.270. The Morgan fingerprint density at radius 2 is 1.71 bits per heavy atom. The fraction of sp³-hybridized carbons (Fsp3) is 0.214. The zero-order chi connectivity index (χ0) is 24.8. The number of carbonyl (C=O) groups is 1. The summed E-state index contributed by atoms with van der Waals surface area (Å²) in [7, 11) is 1.56. The molecule has 7 heteroatoms. The van der Waals surface area contributed by atoms with Crippen LogP contribution in [0, 0.1) is 11.3 Å². The van der Waals surface area contributed by atoms with Crippen LogP contribution in [-0.2, 0) is 0 Å². The van der Waals surface area contributed by atoms with Crippen molar-refractivity contribution in [2.24, 2.45) is 5.73 Å². The van der Waals surface area contributed by atoms with Gasteiger partial charge in [0.2, 0.25) is 5.88 Å². The minimum Gasteiger partial charge on any atom is -0.497 e. The molecule has 3 aromatic rings. The Hall–Kier alpha value is -4.44. The molecule has 1 atom stereocenters. The van der Waals surface area contributed by atoms with Crippen molar-refractivity contribution in [3.8, 4) is 29.1 Å². The number of fused-ring (bicyclic) bond motifs is 1. The number of esters is 1. The second-order valence-electron chi connectivity index (χ2n) is 8.01. The van der Waals surface area contributed by atoms with Gasteiger partial charge in [0.15, 0.2) is 0 Å². The molecule has 1 aliphatic rings. The third kappa shape index (κ3) is 5.22. The molecule has 0 fully saturated rings. The summed E-state index contributed by atoms with van der Waals surface area (Å²) >= 11 is 0. The van der Waals surface area contributed by atoms with Crippen LogP contribution in [0.25, 0.3) is 0 Å². The van der Waals surface area contributed by atoms with Crippen molar-refractivity contribution in [1.29, 1.82) is 5.26 Å². The van der Waals surface area contributed by atoms with Crippen molar-refractivity contribution < 1.29 is 23.7 Å². The highest BCUT2D eigenvalue weighted by molar-refractivity contribution is 5.91. The van der Waals surface area contributed by atoms with Gasteiger partial charge in [-0.2, -0.15) is 5.26 Å². The summed E-state index contributed by atoms with van der Waals surface area (Å²) < 4.78 is 22.1. The molecule has 4 rings (SSSR count). The summed E-state index contributed by atoms with van der Waals surface area (Å²) in [5.41, 5.74) is 8.43. The van der Waals surface area contributed by atoms with Crippen LogP contribution in [0.3, 0.4) is 0 Å². The van der Waals surface area contributed by atoms with Crippen molar-refractivity contribution in [3.63, 3.8) is 0 Å². The molecule has 0 aromatic heterocycles. The summed E-state index contributed by atoms with van der Waals surface area (Å²) in [4.78, 5) is 12.6. The van der Waals surface area contributed by atoms with Gasteiger partial charge in [0, 0.05) is 11.6 Å². The van der Waals surface area contributed by atoms with Crippen LogP contribution in [0.1, 0.15) is 47.2 Å². The maximum Gasteiger partial charge on any atom is 0.343 e. The summed E-state index contributed by atoms with van der Waals surface area (Å²) in [6, 6.07) is 21.5. The highest BCUT2D eigenvalue weighted by Gasteiger charge is 2.31. The number of methoxy groups -OCH3 is 1. The minimum atomic E-state index is -0.514. The molecule has 0 radical (unpaired) electrons. The molecule has 1 heterocycles. The highest BCUT2D eigenvalue weighted by atomic mass is 16.5. The summed E-state index contributed by atoms with van der Waals surface area (Å²) in [5, 5.41) is 9.78. The first-order valence-electron chi connectivity index (χ1n) is 11.3. The standard InChI is InChI=1S/C28H26N2O5/c1-3-4-15-33-21-11-5-18(6-12-21)26-23-14-13-22(16-25(23)35-27(30)24(26)17-29)34-28(31)19-7-9-20(32-2)10-8-19/h5-14,16,26H,3-4,15,30H2,1-2H3. The van der Waals surface area contributed by atoms with Gasteiger partial charge in [-0.25, -0.2) is 4.79 Å². The van der Waals surface area contributed by atoms with Crippen LogP contribution in [0.4, 0.5) is 0 Å². The van der Waals surface area contributed by atoms with Gasteiger partial charge in [0.25, 0.3) is 0 Å². The van der Waals surface area contributed by atoms with Crippen LogP contribution in [0.5, 0.6) is 23.0 Å². The molecule has 2 N–H and O–H groups in total. The van der Waals surface area contributed by atoms with Crippen LogP contribution in [0.15, 0.2) is 78.2 Å². The van der Waals surface area contributed by atoms with E-state index in [4.69, 9.17) is 24.7 Å². The SMILES string of the molecule is CCCCOc1ccc(C2C(C#N)=C(N)Oc3cc(OC(=O)c4ccc(OC)cc4)ccc32)cc1. The molecule has 0 saturated heterocycles. The van der Waals surface area contributed by atoms with Crippen LogP contribution in [-0.4, -0.2) is 19.7 Å². The fourth-order valence-corrected chi connectivity index (χ4v) is 3.83. The Balaban J connectivity index is 1.59. The molecule has 1 unspecified atom stereocenters. The Kier molecular flexibility index (Phi) is 7.22. The number of hydrogen-bond donors (Lipinski definition) is 1. The van der Waals surface area contributed by atoms with Crippen LogP contribution in [0.2, 0.25) is 0 Å². The minimum absolute atomic E-state index is 0.0203. The zero-order valence-electron chi connectivity index (χ0n) is 19.6. The van der Waals surface area contributed by atoms with Gasteiger partial charge in [0.05, 0.1) is 25.2 Å². The number of allylic oxidation sites excluding steroid dienone is 1. The zero-order valence-corrected chi connectivity index (χ0v) is 19.6. The van der Waals surface area contributed by atoms with Gasteiger partial charge in [0.1, 0.15) is 34.6 Å². The normalized spacial score (nSPS) is 14.4. The number of benzene rings is 3. The summed E-state index contributed by atoms with van der Waals surface area (Å²) in [6.45, 7) is 2.77. The Labute approximate surface area is 204 Å². The fourth-order valence-electron chi connectivity index (χ4n) is 3.83. The first-order chi connectivity index (χ1) is 17.0. The van der Waals surface area contributed by atoms with E-state index in [2.05, 4.69) is 13.0 Å². The van der Waals surface area contributed by atoms with E-state index < -0.39 is 11.9 Å². The summed E-state index contributed by atoms with van der Waals surface area (Å²) in [6.07, 6.45) is 2.04. The molecule has 0 spiro atoms. The lowest BCUT2D eigenvalue weighted by Gasteiger charge is -2.26. The van der Waals surface area contributed by atoms with E-state index in [9.17, 15) is 10.1 Å². The molecular formula is C28H26N2O5. The van der Waals surface area contributed by atoms with Crippen molar-refractivity contribution in [1.82, 2.24) is 0 Å². The van der Waals surface area contributed by atoms with Crippen LogP contribution < -0.4 is 24.7 Å². The van der Waals surface area contributed by atoms with E-state index in [1.165, 1.54) is 0 Å². The number of ether oxygens (including phenoxy) is 4. The first-order valence-corrected chi connectivity index (χ1v) is 11.3. The molecule has 0 bridgehead atoms. The molecule has 7 nitrogen and oxygen atoms in total. The predicted molar refractivity (Wildman–Crippen MR) is 131 cm³/mol. The average Bonchev–Trinajstić information content (AvgIpc) is 2.88. The van der Waals surface area contributed by atoms with Gasteiger partial charge in [-0.3, -0.25) is 0 Å². The number of hydrogen-bond acceptors (Lipinski definition) is 7. The van der Waals surface area contributed by atoms with E-state index in [0.717, 1.165) is 29.7 Å². The van der Waals surface area contributed by atoms with E-state index >= 15 is 0 Å². The number of unbranched alkanes of at least 4 members (excludes halogenated alkanes) is 1. The van der Waals surface area contributed by atoms with Crippen molar-refractivity contribution in [3.05, 3.63) is 94.9 Å². The molecule has 3 aromatic carbocycles. The Bertz CT molecular complexity index is 1270. The second kappa shape index (κ2) is 10.7. The number of nitrogens with zero attached hydrogens (tertiary/aromatic N) is 1. The third-order valence-corrected chi connectivity index (χ3v) is 5.71. The maximum atomic E-state index is 12.6. The lowest BCUT2D eigenvalue weighted by atomic mass is 9.83. The third-order valence-electron chi connectivity index (χ3n) is 5.71. The second-order valence-corrected chi connectivity index (χ2v) is 8.01. The Morgan fingerprint density at radius 3 is 2.37 bits per heavy atom. The molecule has 0 saturated carbocycles. The van der Waals surface area contributed by atoms with Gasteiger partial charge < -0.3 is 24.7 Å². The van der Waals surface area contributed by atoms with Gasteiger partial charge in [-0.15, -0.1) is 0 Å². The van der Waals surface area contributed by atoms with E-state index in [0.29, 0.717) is 35.0 Å². The molecule has 0 amide bonds. The number of nitrogens with two attached hydrogens (primary N) is 1. The molecule has 0 aliphatic carbocycles. The molecule has 35 heavy (non-hydrogen) atoms. The monoisotopic (exact) mass is 470 g/mol. The van der Waals surface area contributed by atoms with E-state index in [1.807, 2.05) is 24.3 Å². The first kappa shape index (κ1) is 23.7. The van der Waals surface area contributed by atoms with E-state index in [-0.39, 0.29) is 5.88 Å². The molecular weight excluding hydrogens is 444 g/mol. The maximum absolute atomic E-state index is 12.6. The Morgan fingerprint density at radius 1 is 1.03 bits per heavy atom. The predicted octanol–water partition coefficient (Wildman–Crippen LogP) is 5.31. The largest absolute Gasteiger partial charge is 0.497 e. The van der Waals surface area contributed by atoms with Crippen molar-refractivity contribution >= 4 is 5.97 Å². The van der Waals surface area contributed by atoms with Crippen molar-refractivity contribution in [2.75, 3.05) is 13.7 Å². The summed E-state index contributed by atoms with van der Waals surface area (Å²) in [5.74, 6) is 1.23. The van der Waals surface area contributed by atoms with Gasteiger partial charge >= 0.3 is 5.97 Å². The number of rotatable bonds is 8. The smallest absolute Gasteiger partial charge is 0.343 e. The van der Waals surface area contributed by atoms with Gasteiger partial charge in [-0.05, 0) is 54.4 Å². The lowest BCUT2D eigenvalue weighted by Crippen LogP contribution is -2.21. The topological polar surface area (TPSA) is 104 Å². The average molecular weight is 471 g/mol. The number of carbonyl (C=O) groups excluding carboxylic acids is 1. The van der Waals surface area contributed by atoms with Crippen molar-refractivity contribution in [2.45, 2.75) is 25.7 Å². The van der Waals surface area contributed by atoms with E-state index in [1.54, 1.807) is 49.6 Å². The molecule has 1 aliphatic heterocycles. The van der Waals surface area contributed by atoms with Crippen LogP contribution >= 0.6 is 0 Å². The number of nitriles is 1. The molecule has 178 valence electrons. The lowest BCUT2D eigenvalue weighted by molar-refractivity contribution is 0.0734. The van der Waals surface area contributed by atoms with Gasteiger partial charge in [-0.1, -0.05) is 31.5 Å². The highest BCUT2D eigenvalue weighted by Crippen LogP contribution is 2.43.